The molecular weight excluding hydrogens is 400 g/mol. The van der Waals surface area contributed by atoms with Crippen LogP contribution in [0.25, 0.3) is 0 Å². The fourth-order valence-electron chi connectivity index (χ4n) is 3.11. The molecule has 150 valence electrons. The summed E-state index contributed by atoms with van der Waals surface area (Å²) in [6.45, 7) is 3.85. The zero-order valence-corrected chi connectivity index (χ0v) is 17.5. The number of ether oxygens (including phenoxy) is 1. The van der Waals surface area contributed by atoms with Crippen LogP contribution in [0.2, 0.25) is 5.02 Å². The Bertz CT molecular complexity index is 976. The summed E-state index contributed by atoms with van der Waals surface area (Å²) in [7, 11) is -3.60. The number of amides is 1. The molecule has 0 aromatic heterocycles. The normalized spacial score (nSPS) is 17.4. The molecule has 2 aromatic carbocycles. The maximum atomic E-state index is 12.8. The largest absolute Gasteiger partial charge is 0.476 e. The Morgan fingerprint density at radius 2 is 1.96 bits per heavy atom. The molecule has 1 aliphatic heterocycles. The van der Waals surface area contributed by atoms with Gasteiger partial charge in [0, 0.05) is 5.02 Å². The summed E-state index contributed by atoms with van der Waals surface area (Å²) in [6, 6.07) is 12.5. The van der Waals surface area contributed by atoms with Gasteiger partial charge in [0.25, 0.3) is 5.91 Å². The van der Waals surface area contributed by atoms with Crippen molar-refractivity contribution in [3.05, 3.63) is 58.6 Å². The van der Waals surface area contributed by atoms with E-state index < -0.39 is 16.1 Å². The first-order valence-electron chi connectivity index (χ1n) is 9.02. The van der Waals surface area contributed by atoms with Crippen LogP contribution < -0.4 is 14.4 Å². The lowest BCUT2D eigenvalue weighted by Gasteiger charge is -2.34. The van der Waals surface area contributed by atoms with Crippen molar-refractivity contribution in [1.29, 1.82) is 0 Å². The molecule has 2 aromatic rings. The summed E-state index contributed by atoms with van der Waals surface area (Å²) < 4.78 is 31.4. The van der Waals surface area contributed by atoms with Gasteiger partial charge in [-0.05, 0) is 42.7 Å². The lowest BCUT2D eigenvalue weighted by atomic mass is 10.0. The molecule has 0 fully saturated rings. The van der Waals surface area contributed by atoms with E-state index in [-0.39, 0.29) is 18.5 Å². The molecule has 1 aliphatic rings. The number of halogens is 1. The Kier molecular flexibility index (Phi) is 5.86. The van der Waals surface area contributed by atoms with Crippen LogP contribution in [0.5, 0.6) is 5.75 Å². The van der Waals surface area contributed by atoms with Crippen molar-refractivity contribution in [2.45, 2.75) is 32.4 Å². The van der Waals surface area contributed by atoms with Gasteiger partial charge in [-0.15, -0.1) is 0 Å². The third-order valence-corrected chi connectivity index (χ3v) is 6.11. The highest BCUT2D eigenvalue weighted by Crippen LogP contribution is 2.37. The van der Waals surface area contributed by atoms with Crippen LogP contribution in [-0.2, 0) is 21.2 Å². The molecule has 1 heterocycles. The number of sulfonamides is 1. The summed E-state index contributed by atoms with van der Waals surface area (Å²) in [5.74, 6) is -0.0671. The molecule has 0 bridgehead atoms. The third kappa shape index (κ3) is 4.42. The zero-order valence-electron chi connectivity index (χ0n) is 16.0. The number of nitrogens with zero attached hydrogens (tertiary/aromatic N) is 1. The molecule has 2 atom stereocenters. The predicted molar refractivity (Wildman–Crippen MR) is 110 cm³/mol. The van der Waals surface area contributed by atoms with Crippen LogP contribution in [-0.4, -0.2) is 33.2 Å². The van der Waals surface area contributed by atoms with E-state index >= 15 is 0 Å². The van der Waals surface area contributed by atoms with Gasteiger partial charge in [-0.1, -0.05) is 42.8 Å². The number of benzene rings is 2. The van der Waals surface area contributed by atoms with Gasteiger partial charge in [0.05, 0.1) is 24.5 Å². The van der Waals surface area contributed by atoms with E-state index in [1.165, 1.54) is 11.6 Å². The Morgan fingerprint density at radius 3 is 2.57 bits per heavy atom. The van der Waals surface area contributed by atoms with Crippen LogP contribution in [0, 0.1) is 0 Å². The molecular formula is C20H23ClN2O4S. The average molecular weight is 423 g/mol. The van der Waals surface area contributed by atoms with E-state index in [2.05, 4.69) is 12.2 Å². The summed E-state index contributed by atoms with van der Waals surface area (Å²) in [5, 5.41) is 3.30. The molecule has 0 unspecified atom stereocenters. The number of fused-ring (bicyclic) bond motifs is 1. The monoisotopic (exact) mass is 422 g/mol. The Labute approximate surface area is 170 Å². The standard InChI is InChI=1S/C20H23ClN2O4S/c1-4-14-5-7-15(8-6-14)13(2)22-20(24)19-12-23(28(3,25)26)17-11-16(21)9-10-18(17)27-19/h5-11,13,19H,4,12H2,1-3H3,(H,22,24)/t13-,19+/m1/s1. The molecule has 0 radical (unpaired) electrons. The second kappa shape index (κ2) is 8.01. The summed E-state index contributed by atoms with van der Waals surface area (Å²) >= 11 is 5.99. The van der Waals surface area contributed by atoms with Crippen LogP contribution in [0.15, 0.2) is 42.5 Å². The predicted octanol–water partition coefficient (Wildman–Crippen LogP) is 3.31. The highest BCUT2D eigenvalue weighted by atomic mass is 35.5. The summed E-state index contributed by atoms with van der Waals surface area (Å²) in [6.07, 6.45) is 1.08. The van der Waals surface area contributed by atoms with E-state index in [4.69, 9.17) is 16.3 Å². The molecule has 0 saturated carbocycles. The molecule has 3 rings (SSSR count). The number of anilines is 1. The Morgan fingerprint density at radius 1 is 1.29 bits per heavy atom. The van der Waals surface area contributed by atoms with E-state index in [1.54, 1.807) is 12.1 Å². The molecule has 28 heavy (non-hydrogen) atoms. The van der Waals surface area contributed by atoms with E-state index in [9.17, 15) is 13.2 Å². The second-order valence-electron chi connectivity index (χ2n) is 6.84. The van der Waals surface area contributed by atoms with Crippen LogP contribution in [0.3, 0.4) is 0 Å². The number of nitrogens with one attached hydrogen (secondary N) is 1. The first kappa shape index (κ1) is 20.5. The third-order valence-electron chi connectivity index (χ3n) is 4.73. The van der Waals surface area contributed by atoms with Crippen molar-refractivity contribution in [2.75, 3.05) is 17.1 Å². The quantitative estimate of drug-likeness (QED) is 0.802. The van der Waals surface area contributed by atoms with Crippen LogP contribution in [0.1, 0.15) is 31.0 Å². The maximum Gasteiger partial charge on any atom is 0.263 e. The minimum absolute atomic E-state index is 0.112. The number of hydrogen-bond donors (Lipinski definition) is 1. The number of carbonyl (C=O) groups is 1. The minimum Gasteiger partial charge on any atom is -0.476 e. The fraction of sp³-hybridized carbons (Fsp3) is 0.350. The van der Waals surface area contributed by atoms with Gasteiger partial charge in [0.15, 0.2) is 6.10 Å². The molecule has 0 spiro atoms. The lowest BCUT2D eigenvalue weighted by molar-refractivity contribution is -0.128. The fourth-order valence-corrected chi connectivity index (χ4v) is 4.18. The number of rotatable bonds is 5. The van der Waals surface area contributed by atoms with Gasteiger partial charge < -0.3 is 10.1 Å². The lowest BCUT2D eigenvalue weighted by Crippen LogP contribution is -2.50. The summed E-state index contributed by atoms with van der Waals surface area (Å²) in [4.78, 5) is 12.8. The number of carbonyl (C=O) groups excluding carboxylic acids is 1. The van der Waals surface area contributed by atoms with Crippen LogP contribution in [0.4, 0.5) is 5.69 Å². The van der Waals surface area contributed by atoms with Gasteiger partial charge in [0.2, 0.25) is 10.0 Å². The molecule has 6 nitrogen and oxygen atoms in total. The van der Waals surface area contributed by atoms with E-state index in [0.29, 0.717) is 16.5 Å². The van der Waals surface area contributed by atoms with Crippen molar-refractivity contribution < 1.29 is 17.9 Å². The van der Waals surface area contributed by atoms with Crippen molar-refractivity contribution in [2.24, 2.45) is 0 Å². The average Bonchev–Trinajstić information content (AvgIpc) is 2.66. The molecule has 1 N–H and O–H groups in total. The van der Waals surface area contributed by atoms with E-state index in [1.807, 2.05) is 31.2 Å². The zero-order chi connectivity index (χ0) is 20.5. The van der Waals surface area contributed by atoms with Crippen LogP contribution >= 0.6 is 11.6 Å². The number of hydrogen-bond acceptors (Lipinski definition) is 4. The first-order valence-corrected chi connectivity index (χ1v) is 11.2. The molecule has 1 amide bonds. The molecule has 0 aliphatic carbocycles. The maximum absolute atomic E-state index is 12.8. The first-order chi connectivity index (χ1) is 13.2. The molecule has 8 heteroatoms. The second-order valence-corrected chi connectivity index (χ2v) is 9.18. The van der Waals surface area contributed by atoms with E-state index in [0.717, 1.165) is 22.5 Å². The van der Waals surface area contributed by atoms with Gasteiger partial charge >= 0.3 is 0 Å². The van der Waals surface area contributed by atoms with Crippen molar-refractivity contribution in [3.8, 4) is 5.75 Å². The van der Waals surface area contributed by atoms with Gasteiger partial charge in [-0.3, -0.25) is 9.10 Å². The highest BCUT2D eigenvalue weighted by Gasteiger charge is 2.35. The Hall–Kier alpha value is -2.25. The summed E-state index contributed by atoms with van der Waals surface area (Å²) in [5.41, 5.74) is 2.52. The number of aryl methyl sites for hydroxylation is 1. The van der Waals surface area contributed by atoms with Gasteiger partial charge in [-0.25, -0.2) is 8.42 Å². The minimum atomic E-state index is -3.60. The van der Waals surface area contributed by atoms with Crippen molar-refractivity contribution >= 4 is 33.2 Å². The van der Waals surface area contributed by atoms with Gasteiger partial charge in [-0.2, -0.15) is 0 Å². The molecule has 0 saturated heterocycles. The van der Waals surface area contributed by atoms with Crippen molar-refractivity contribution in [1.82, 2.24) is 5.32 Å². The highest BCUT2D eigenvalue weighted by molar-refractivity contribution is 7.92. The Balaban J connectivity index is 1.79. The SMILES string of the molecule is CCc1ccc([C@@H](C)NC(=O)[C@@H]2CN(S(C)(=O)=O)c3cc(Cl)ccc3O2)cc1. The topological polar surface area (TPSA) is 75.7 Å². The van der Waals surface area contributed by atoms with Crippen molar-refractivity contribution in [3.63, 3.8) is 0 Å². The van der Waals surface area contributed by atoms with Gasteiger partial charge in [0.1, 0.15) is 5.75 Å². The smallest absolute Gasteiger partial charge is 0.263 e.